The Balaban J connectivity index is 1.28. The average molecular weight is 526 g/mol. The van der Waals surface area contributed by atoms with Gasteiger partial charge in [0.1, 0.15) is 18.2 Å². The minimum absolute atomic E-state index is 0.0488. The Morgan fingerprint density at radius 3 is 2.69 bits per heavy atom. The number of ether oxygens (including phenoxy) is 1. The molecule has 1 unspecified atom stereocenters. The van der Waals surface area contributed by atoms with Crippen molar-refractivity contribution in [3.8, 4) is 5.75 Å². The third kappa shape index (κ3) is 4.87. The zero-order valence-electron chi connectivity index (χ0n) is 18.7. The topological polar surface area (TPSA) is 143 Å². The van der Waals surface area contributed by atoms with Gasteiger partial charge >= 0.3 is 12.1 Å². The highest BCUT2D eigenvalue weighted by molar-refractivity contribution is 7.86. The van der Waals surface area contributed by atoms with Crippen molar-refractivity contribution in [2.75, 3.05) is 41.2 Å². The summed E-state index contributed by atoms with van der Waals surface area (Å²) in [6, 6.07) is 4.75. The Morgan fingerprint density at radius 2 is 2.00 bits per heavy atom. The number of carbonyl (C=O) groups is 2. The van der Waals surface area contributed by atoms with Crippen LogP contribution in [0.1, 0.15) is 23.2 Å². The Bertz CT molecular complexity index is 1240. The molecule has 192 valence electrons. The lowest BCUT2D eigenvalue weighted by Crippen LogP contribution is -2.60. The van der Waals surface area contributed by atoms with E-state index in [-0.39, 0.29) is 48.8 Å². The van der Waals surface area contributed by atoms with Gasteiger partial charge in [0.15, 0.2) is 11.0 Å². The molecule has 0 spiro atoms. The molecule has 2 aliphatic heterocycles. The summed E-state index contributed by atoms with van der Waals surface area (Å²) in [7, 11) is -1.87. The first-order chi connectivity index (χ1) is 17.1. The van der Waals surface area contributed by atoms with Gasteiger partial charge in [-0.25, -0.2) is 14.2 Å². The van der Waals surface area contributed by atoms with Gasteiger partial charge in [-0.15, -0.1) is 0 Å². The Hall–Kier alpha value is -3.62. The number of primary amides is 1. The lowest BCUT2D eigenvalue weighted by atomic mass is 10.1. The van der Waals surface area contributed by atoms with Crippen LogP contribution in [-0.4, -0.2) is 75.4 Å². The highest BCUT2D eigenvalue weighted by Crippen LogP contribution is 2.38. The van der Waals surface area contributed by atoms with Crippen molar-refractivity contribution in [1.82, 2.24) is 14.9 Å². The van der Waals surface area contributed by atoms with Gasteiger partial charge in [-0.1, -0.05) is 0 Å². The number of benzene rings is 1. The molecule has 1 saturated carbocycles. The van der Waals surface area contributed by atoms with Gasteiger partial charge in [0.05, 0.1) is 23.0 Å². The molecule has 1 aromatic heterocycles. The van der Waals surface area contributed by atoms with Crippen molar-refractivity contribution in [2.45, 2.75) is 36.3 Å². The normalized spacial score (nSPS) is 20.0. The minimum Gasteiger partial charge on any atom is -0.489 e. The van der Waals surface area contributed by atoms with Gasteiger partial charge < -0.3 is 25.6 Å². The number of carbonyl (C=O) groups excluding carboxylic acids is 2. The van der Waals surface area contributed by atoms with Crippen LogP contribution in [-0.2, 0) is 15.8 Å². The maximum absolute atomic E-state index is 12.9. The fourth-order valence-electron chi connectivity index (χ4n) is 4.11. The molecule has 4 N–H and O–H groups in total. The predicted octanol–water partition coefficient (Wildman–Crippen LogP) is 1.26. The van der Waals surface area contributed by atoms with Gasteiger partial charge in [-0.05, 0) is 25.0 Å². The second-order valence-corrected chi connectivity index (χ2v) is 9.76. The fraction of sp³-hybridized carbons (Fsp3) is 0.429. The molecule has 2 amide bonds. The van der Waals surface area contributed by atoms with Crippen molar-refractivity contribution in [3.63, 3.8) is 0 Å². The van der Waals surface area contributed by atoms with Crippen LogP contribution in [0.25, 0.3) is 0 Å². The molecule has 2 aromatic rings. The van der Waals surface area contributed by atoms with E-state index in [0.29, 0.717) is 17.1 Å². The molecule has 3 heterocycles. The zero-order chi connectivity index (χ0) is 25.6. The number of aromatic nitrogens is 2. The van der Waals surface area contributed by atoms with Crippen LogP contribution >= 0.6 is 0 Å². The van der Waals surface area contributed by atoms with E-state index >= 15 is 0 Å². The molecular weight excluding hydrogens is 503 g/mol. The quantitative estimate of drug-likeness (QED) is 0.479. The van der Waals surface area contributed by atoms with Crippen LogP contribution in [0.3, 0.4) is 0 Å². The Morgan fingerprint density at radius 1 is 1.22 bits per heavy atom. The van der Waals surface area contributed by atoms with Crippen molar-refractivity contribution >= 4 is 40.0 Å². The summed E-state index contributed by atoms with van der Waals surface area (Å²) in [5.41, 5.74) is 6.59. The van der Waals surface area contributed by atoms with E-state index < -0.39 is 35.0 Å². The van der Waals surface area contributed by atoms with E-state index in [0.717, 1.165) is 17.7 Å². The molecule has 5 rings (SSSR count). The van der Waals surface area contributed by atoms with E-state index in [1.807, 2.05) is 4.90 Å². The lowest BCUT2D eigenvalue weighted by molar-refractivity contribution is -0.186. The Kier molecular flexibility index (Phi) is 6.10. The first-order valence-corrected chi connectivity index (χ1v) is 12.3. The molecule has 1 aliphatic carbocycles. The van der Waals surface area contributed by atoms with Gasteiger partial charge in [0.2, 0.25) is 5.16 Å². The third-order valence-corrected chi connectivity index (χ3v) is 6.99. The first kappa shape index (κ1) is 24.1. The second kappa shape index (κ2) is 9.11. The number of nitrogens with two attached hydrogens (primary N) is 1. The molecule has 3 aliphatic rings. The van der Waals surface area contributed by atoms with Gasteiger partial charge in [-0.3, -0.25) is 14.3 Å². The summed E-state index contributed by atoms with van der Waals surface area (Å²) in [6.45, 7) is 0.152. The van der Waals surface area contributed by atoms with E-state index in [1.165, 1.54) is 6.20 Å². The van der Waals surface area contributed by atoms with E-state index in [2.05, 4.69) is 20.0 Å². The number of halogens is 3. The smallest absolute Gasteiger partial charge is 0.471 e. The second-order valence-electron chi connectivity index (χ2n) is 8.66. The number of anilines is 3. The van der Waals surface area contributed by atoms with Crippen LogP contribution < -0.4 is 25.4 Å². The van der Waals surface area contributed by atoms with Crippen molar-refractivity contribution in [2.24, 2.45) is 5.73 Å². The van der Waals surface area contributed by atoms with Crippen LogP contribution in [0.5, 0.6) is 5.75 Å². The standard InChI is InChI=1S/C21H22F3N7O4S/c22-21(23,24)19(33)30-5-6-31-13(9-30)10-35-16-7-12(3-4-15(16)31)29-36(34)20-26-8-14(17(25)32)18(28-20)27-11-1-2-11/h3-4,7-8,11,13,29H,1-2,5-6,9-10H2,(H2,25,32)(H,26,27,28)/t13-,36?/m1/s1. The Labute approximate surface area is 205 Å². The van der Waals surface area contributed by atoms with Crippen LogP contribution in [0, 0.1) is 0 Å². The van der Waals surface area contributed by atoms with Gasteiger partial charge in [-0.2, -0.15) is 13.2 Å². The average Bonchev–Trinajstić information content (AvgIpc) is 3.66. The lowest BCUT2D eigenvalue weighted by Gasteiger charge is -2.45. The summed E-state index contributed by atoms with van der Waals surface area (Å²) in [5.74, 6) is -1.85. The monoisotopic (exact) mass is 525 g/mol. The highest BCUT2D eigenvalue weighted by atomic mass is 32.2. The maximum atomic E-state index is 12.9. The number of hydrogen-bond acceptors (Lipinski definition) is 8. The molecule has 1 saturated heterocycles. The molecule has 11 nitrogen and oxygen atoms in total. The van der Waals surface area contributed by atoms with Gasteiger partial charge in [0.25, 0.3) is 5.91 Å². The predicted molar refractivity (Wildman–Crippen MR) is 123 cm³/mol. The third-order valence-electron chi connectivity index (χ3n) is 6.04. The molecule has 0 bridgehead atoms. The van der Waals surface area contributed by atoms with Crippen LogP contribution in [0.4, 0.5) is 30.4 Å². The largest absolute Gasteiger partial charge is 0.489 e. The molecule has 15 heteroatoms. The van der Waals surface area contributed by atoms with Crippen LogP contribution in [0.2, 0.25) is 0 Å². The SMILES string of the molecule is NC(=O)c1cnc(S(=O)Nc2ccc3c(c2)OC[C@H]2CN(C(=O)C(F)(F)F)CCN32)nc1NC1CC1. The van der Waals surface area contributed by atoms with Gasteiger partial charge in [0, 0.05) is 37.9 Å². The molecule has 2 atom stereocenters. The highest BCUT2D eigenvalue weighted by Gasteiger charge is 2.45. The van der Waals surface area contributed by atoms with E-state index in [4.69, 9.17) is 10.5 Å². The number of hydrogen-bond donors (Lipinski definition) is 3. The number of alkyl halides is 3. The number of fused-ring (bicyclic) bond motifs is 3. The fourth-order valence-corrected chi connectivity index (χ4v) is 4.87. The minimum atomic E-state index is -4.91. The zero-order valence-corrected chi connectivity index (χ0v) is 19.6. The number of piperazine rings is 1. The molecule has 36 heavy (non-hydrogen) atoms. The van der Waals surface area contributed by atoms with Crippen molar-refractivity contribution in [3.05, 3.63) is 30.0 Å². The number of nitrogens with one attached hydrogen (secondary N) is 2. The molecule has 1 aromatic carbocycles. The number of rotatable bonds is 6. The van der Waals surface area contributed by atoms with E-state index in [1.54, 1.807) is 18.2 Å². The summed E-state index contributed by atoms with van der Waals surface area (Å²) in [4.78, 5) is 34.2. The first-order valence-electron chi connectivity index (χ1n) is 11.1. The number of nitrogens with zero attached hydrogens (tertiary/aromatic N) is 4. The van der Waals surface area contributed by atoms with Crippen molar-refractivity contribution in [1.29, 1.82) is 0 Å². The van der Waals surface area contributed by atoms with Crippen LogP contribution in [0.15, 0.2) is 29.6 Å². The number of amides is 2. The summed E-state index contributed by atoms with van der Waals surface area (Å²) < 4.78 is 59.8. The summed E-state index contributed by atoms with van der Waals surface area (Å²) >= 11 is 0. The summed E-state index contributed by atoms with van der Waals surface area (Å²) in [5, 5.41) is 3.04. The van der Waals surface area contributed by atoms with E-state index in [9.17, 15) is 27.0 Å². The molecule has 2 fully saturated rings. The van der Waals surface area contributed by atoms with Crippen molar-refractivity contribution < 1.29 is 31.7 Å². The maximum Gasteiger partial charge on any atom is 0.471 e. The summed E-state index contributed by atoms with van der Waals surface area (Å²) in [6.07, 6.45) is -1.82. The molecular formula is C21H22F3N7O4S. The molecule has 0 radical (unpaired) electrons.